The SMILES string of the molecule is CC=CC=CC(=O)Nc1ccc(CCN2CCCC2)cc1. The Balaban J connectivity index is 1.79. The van der Waals surface area contributed by atoms with Crippen molar-refractivity contribution < 1.29 is 4.79 Å². The molecule has 2 rings (SSSR count). The third-order valence-electron chi connectivity index (χ3n) is 3.69. The van der Waals surface area contributed by atoms with E-state index in [4.69, 9.17) is 0 Å². The van der Waals surface area contributed by atoms with Crippen molar-refractivity contribution in [3.63, 3.8) is 0 Å². The van der Waals surface area contributed by atoms with Crippen LogP contribution in [0.15, 0.2) is 48.6 Å². The van der Waals surface area contributed by atoms with Crippen molar-refractivity contribution in [2.45, 2.75) is 26.2 Å². The molecule has 0 radical (unpaired) electrons. The highest BCUT2D eigenvalue weighted by Gasteiger charge is 2.10. The van der Waals surface area contributed by atoms with Crippen LogP contribution in [0.5, 0.6) is 0 Å². The number of hydrogen-bond donors (Lipinski definition) is 1. The smallest absolute Gasteiger partial charge is 0.248 e. The van der Waals surface area contributed by atoms with Gasteiger partial charge in [-0.1, -0.05) is 30.4 Å². The van der Waals surface area contributed by atoms with E-state index in [2.05, 4.69) is 22.3 Å². The average Bonchev–Trinajstić information content (AvgIpc) is 3.00. The van der Waals surface area contributed by atoms with Gasteiger partial charge in [0.05, 0.1) is 0 Å². The molecule has 1 N–H and O–H groups in total. The molecule has 0 atom stereocenters. The number of nitrogens with zero attached hydrogens (tertiary/aromatic N) is 1. The Hall–Kier alpha value is -1.87. The van der Waals surface area contributed by atoms with Crippen LogP contribution < -0.4 is 5.32 Å². The topological polar surface area (TPSA) is 32.3 Å². The predicted octanol–water partition coefficient (Wildman–Crippen LogP) is 3.40. The lowest BCUT2D eigenvalue weighted by Crippen LogP contribution is -2.21. The normalized spacial score (nSPS) is 16.0. The molecule has 1 aromatic carbocycles. The van der Waals surface area contributed by atoms with E-state index in [-0.39, 0.29) is 5.91 Å². The van der Waals surface area contributed by atoms with Crippen LogP contribution in [0, 0.1) is 0 Å². The monoisotopic (exact) mass is 284 g/mol. The minimum Gasteiger partial charge on any atom is -0.323 e. The van der Waals surface area contributed by atoms with Crippen LogP contribution in [0.4, 0.5) is 5.69 Å². The van der Waals surface area contributed by atoms with Gasteiger partial charge in [-0.05, 0) is 57.0 Å². The summed E-state index contributed by atoms with van der Waals surface area (Å²) in [5.41, 5.74) is 2.17. The Morgan fingerprint density at radius 3 is 2.57 bits per heavy atom. The van der Waals surface area contributed by atoms with Gasteiger partial charge in [0.15, 0.2) is 0 Å². The van der Waals surface area contributed by atoms with Gasteiger partial charge >= 0.3 is 0 Å². The zero-order valence-corrected chi connectivity index (χ0v) is 12.7. The lowest BCUT2D eigenvalue weighted by Gasteiger charge is -2.14. The van der Waals surface area contributed by atoms with Crippen LogP contribution in [-0.2, 0) is 11.2 Å². The first-order valence-corrected chi connectivity index (χ1v) is 7.69. The summed E-state index contributed by atoms with van der Waals surface area (Å²) < 4.78 is 0. The van der Waals surface area contributed by atoms with Crippen LogP contribution in [0.3, 0.4) is 0 Å². The van der Waals surface area contributed by atoms with Crippen molar-refractivity contribution in [3.8, 4) is 0 Å². The molecule has 1 saturated heterocycles. The summed E-state index contributed by atoms with van der Waals surface area (Å²) in [6.07, 6.45) is 10.7. The molecular formula is C18H24N2O. The van der Waals surface area contributed by atoms with Gasteiger partial charge < -0.3 is 10.2 Å². The number of rotatable bonds is 6. The number of carbonyl (C=O) groups is 1. The lowest BCUT2D eigenvalue weighted by atomic mass is 10.1. The molecule has 0 bridgehead atoms. The summed E-state index contributed by atoms with van der Waals surface area (Å²) in [7, 11) is 0. The molecular weight excluding hydrogens is 260 g/mol. The van der Waals surface area contributed by atoms with Gasteiger partial charge in [0, 0.05) is 18.3 Å². The number of allylic oxidation sites excluding steroid dienone is 3. The molecule has 1 aliphatic heterocycles. The second kappa shape index (κ2) is 8.42. The molecule has 1 fully saturated rings. The van der Waals surface area contributed by atoms with E-state index in [1.54, 1.807) is 6.08 Å². The van der Waals surface area contributed by atoms with Crippen LogP contribution >= 0.6 is 0 Å². The van der Waals surface area contributed by atoms with Crippen LogP contribution in [-0.4, -0.2) is 30.4 Å². The zero-order chi connectivity index (χ0) is 14.9. The Kier molecular flexibility index (Phi) is 6.22. The van der Waals surface area contributed by atoms with Gasteiger partial charge in [-0.3, -0.25) is 4.79 Å². The fourth-order valence-electron chi connectivity index (χ4n) is 2.49. The Bertz CT molecular complexity index is 496. The number of nitrogens with one attached hydrogen (secondary N) is 1. The van der Waals surface area contributed by atoms with Crippen molar-refractivity contribution in [1.82, 2.24) is 4.90 Å². The minimum atomic E-state index is -0.0992. The van der Waals surface area contributed by atoms with E-state index >= 15 is 0 Å². The standard InChI is InChI=1S/C18H24N2O/c1-2-3-4-7-18(21)19-17-10-8-16(9-11-17)12-15-20-13-5-6-14-20/h2-4,7-11H,5-6,12-15H2,1H3,(H,19,21). The highest BCUT2D eigenvalue weighted by atomic mass is 16.1. The van der Waals surface area contributed by atoms with E-state index < -0.39 is 0 Å². The molecule has 112 valence electrons. The number of amides is 1. The summed E-state index contributed by atoms with van der Waals surface area (Å²) in [6, 6.07) is 8.14. The Labute approximate surface area is 127 Å². The molecule has 0 aromatic heterocycles. The van der Waals surface area contributed by atoms with Gasteiger partial charge in [-0.25, -0.2) is 0 Å². The van der Waals surface area contributed by atoms with E-state index in [0.29, 0.717) is 0 Å². The van der Waals surface area contributed by atoms with E-state index in [0.717, 1.165) is 18.7 Å². The van der Waals surface area contributed by atoms with Crippen LogP contribution in [0.1, 0.15) is 25.3 Å². The molecule has 1 heterocycles. The second-order valence-electron chi connectivity index (χ2n) is 5.37. The Morgan fingerprint density at radius 1 is 1.19 bits per heavy atom. The molecule has 0 saturated carbocycles. The first-order valence-electron chi connectivity index (χ1n) is 7.69. The molecule has 1 aromatic rings. The van der Waals surface area contributed by atoms with Crippen molar-refractivity contribution in [1.29, 1.82) is 0 Å². The summed E-state index contributed by atoms with van der Waals surface area (Å²) in [4.78, 5) is 14.1. The van der Waals surface area contributed by atoms with E-state index in [9.17, 15) is 4.79 Å². The van der Waals surface area contributed by atoms with Gasteiger partial charge in [0.2, 0.25) is 5.91 Å². The van der Waals surface area contributed by atoms with Gasteiger partial charge in [0.25, 0.3) is 0 Å². The van der Waals surface area contributed by atoms with Gasteiger partial charge in [-0.15, -0.1) is 0 Å². The maximum Gasteiger partial charge on any atom is 0.248 e. The summed E-state index contributed by atoms with van der Waals surface area (Å²) in [6.45, 7) is 5.54. The second-order valence-corrected chi connectivity index (χ2v) is 5.37. The molecule has 0 spiro atoms. The van der Waals surface area contributed by atoms with Gasteiger partial charge in [0.1, 0.15) is 0 Å². The van der Waals surface area contributed by atoms with Gasteiger partial charge in [-0.2, -0.15) is 0 Å². The lowest BCUT2D eigenvalue weighted by molar-refractivity contribution is -0.111. The average molecular weight is 284 g/mol. The predicted molar refractivity (Wildman–Crippen MR) is 88.4 cm³/mol. The molecule has 3 heteroatoms. The maximum atomic E-state index is 11.6. The first kappa shape index (κ1) is 15.5. The first-order chi connectivity index (χ1) is 10.3. The number of carbonyl (C=O) groups excluding carboxylic acids is 1. The summed E-state index contributed by atoms with van der Waals surface area (Å²) >= 11 is 0. The molecule has 0 unspecified atom stereocenters. The van der Waals surface area contributed by atoms with Crippen molar-refractivity contribution in [2.24, 2.45) is 0 Å². The largest absolute Gasteiger partial charge is 0.323 e. The summed E-state index contributed by atoms with van der Waals surface area (Å²) in [5.74, 6) is -0.0992. The number of anilines is 1. The maximum absolute atomic E-state index is 11.6. The van der Waals surface area contributed by atoms with Crippen LogP contribution in [0.25, 0.3) is 0 Å². The van der Waals surface area contributed by atoms with E-state index in [1.165, 1.54) is 37.6 Å². The third kappa shape index (κ3) is 5.56. The van der Waals surface area contributed by atoms with Crippen LogP contribution in [0.2, 0.25) is 0 Å². The van der Waals surface area contributed by atoms with Crippen molar-refractivity contribution >= 4 is 11.6 Å². The summed E-state index contributed by atoms with van der Waals surface area (Å²) in [5, 5.41) is 2.86. The highest BCUT2D eigenvalue weighted by Crippen LogP contribution is 2.12. The minimum absolute atomic E-state index is 0.0992. The fourth-order valence-corrected chi connectivity index (χ4v) is 2.49. The molecule has 0 aliphatic carbocycles. The Morgan fingerprint density at radius 2 is 1.90 bits per heavy atom. The number of likely N-dealkylation sites (tertiary alicyclic amines) is 1. The zero-order valence-electron chi connectivity index (χ0n) is 12.7. The fraction of sp³-hybridized carbons (Fsp3) is 0.389. The quantitative estimate of drug-likeness (QED) is 0.641. The van der Waals surface area contributed by atoms with E-state index in [1.807, 2.05) is 31.2 Å². The van der Waals surface area contributed by atoms with Crippen molar-refractivity contribution in [2.75, 3.05) is 25.0 Å². The molecule has 1 aliphatic rings. The molecule has 1 amide bonds. The van der Waals surface area contributed by atoms with Crippen molar-refractivity contribution in [3.05, 3.63) is 54.1 Å². The molecule has 3 nitrogen and oxygen atoms in total. The molecule has 21 heavy (non-hydrogen) atoms. The number of benzene rings is 1. The highest BCUT2D eigenvalue weighted by molar-refractivity contribution is 5.99. The third-order valence-corrected chi connectivity index (χ3v) is 3.69. The number of hydrogen-bond acceptors (Lipinski definition) is 2.